The minimum atomic E-state index is -0.171. The SMILES string of the molecule is CCCNC(=O)c1csc(CN(CCC)C(=O)Nc2cccc3ccccc23)n1. The number of anilines is 1. The summed E-state index contributed by atoms with van der Waals surface area (Å²) in [5.41, 5.74) is 1.19. The van der Waals surface area contributed by atoms with E-state index in [9.17, 15) is 9.59 Å². The number of amides is 3. The molecule has 0 unspecified atom stereocenters. The molecule has 0 spiro atoms. The minimum Gasteiger partial charge on any atom is -0.351 e. The van der Waals surface area contributed by atoms with Crippen LogP contribution in [0.15, 0.2) is 47.8 Å². The number of nitrogens with one attached hydrogen (secondary N) is 2. The van der Waals surface area contributed by atoms with Crippen LogP contribution >= 0.6 is 11.3 Å². The zero-order valence-corrected chi connectivity index (χ0v) is 17.6. The summed E-state index contributed by atoms with van der Waals surface area (Å²) in [6, 6.07) is 13.7. The first kappa shape index (κ1) is 20.8. The summed E-state index contributed by atoms with van der Waals surface area (Å²) in [5, 5.41) is 10.4. The molecule has 152 valence electrons. The predicted octanol–water partition coefficient (Wildman–Crippen LogP) is 4.88. The van der Waals surface area contributed by atoms with E-state index >= 15 is 0 Å². The molecule has 0 aliphatic heterocycles. The molecule has 0 bridgehead atoms. The third-order valence-corrected chi connectivity index (χ3v) is 5.29. The summed E-state index contributed by atoms with van der Waals surface area (Å²) < 4.78 is 0. The largest absolute Gasteiger partial charge is 0.351 e. The van der Waals surface area contributed by atoms with E-state index in [-0.39, 0.29) is 11.9 Å². The fourth-order valence-corrected chi connectivity index (χ4v) is 3.82. The second-order valence-electron chi connectivity index (χ2n) is 6.76. The highest BCUT2D eigenvalue weighted by Gasteiger charge is 2.17. The van der Waals surface area contributed by atoms with E-state index in [2.05, 4.69) is 15.6 Å². The van der Waals surface area contributed by atoms with Crippen LogP contribution < -0.4 is 10.6 Å². The first-order chi connectivity index (χ1) is 14.1. The van der Waals surface area contributed by atoms with Gasteiger partial charge in [0.15, 0.2) is 0 Å². The molecule has 0 atom stereocenters. The molecule has 29 heavy (non-hydrogen) atoms. The highest BCUT2D eigenvalue weighted by atomic mass is 32.1. The molecule has 0 aliphatic rings. The highest BCUT2D eigenvalue weighted by molar-refractivity contribution is 7.09. The lowest BCUT2D eigenvalue weighted by molar-refractivity contribution is 0.0949. The second-order valence-corrected chi connectivity index (χ2v) is 7.70. The molecule has 0 saturated heterocycles. The van der Waals surface area contributed by atoms with E-state index in [1.54, 1.807) is 10.3 Å². The molecular formula is C22H26N4O2S. The number of fused-ring (bicyclic) bond motifs is 1. The summed E-state index contributed by atoms with van der Waals surface area (Å²) in [7, 11) is 0. The van der Waals surface area contributed by atoms with Crippen LogP contribution in [0.2, 0.25) is 0 Å². The first-order valence-corrected chi connectivity index (χ1v) is 10.8. The van der Waals surface area contributed by atoms with Gasteiger partial charge in [0.25, 0.3) is 5.91 Å². The molecule has 2 aromatic carbocycles. The van der Waals surface area contributed by atoms with E-state index in [1.165, 1.54) is 11.3 Å². The Kier molecular flexibility index (Phi) is 7.19. The molecule has 7 heteroatoms. The Morgan fingerprint density at radius 2 is 1.86 bits per heavy atom. The zero-order chi connectivity index (χ0) is 20.6. The summed E-state index contributed by atoms with van der Waals surface area (Å²) in [4.78, 5) is 31.2. The Hall–Kier alpha value is -2.93. The van der Waals surface area contributed by atoms with E-state index in [0.29, 0.717) is 25.3 Å². The van der Waals surface area contributed by atoms with E-state index in [0.717, 1.165) is 34.3 Å². The molecule has 2 N–H and O–H groups in total. The maximum Gasteiger partial charge on any atom is 0.322 e. The summed E-state index contributed by atoms with van der Waals surface area (Å²) >= 11 is 1.40. The molecule has 0 aliphatic carbocycles. The summed E-state index contributed by atoms with van der Waals surface area (Å²) in [5.74, 6) is -0.170. The van der Waals surface area contributed by atoms with Crippen molar-refractivity contribution in [2.24, 2.45) is 0 Å². The van der Waals surface area contributed by atoms with Gasteiger partial charge in [-0.3, -0.25) is 4.79 Å². The van der Waals surface area contributed by atoms with Crippen LogP contribution in [0.25, 0.3) is 10.8 Å². The van der Waals surface area contributed by atoms with Gasteiger partial charge in [0.2, 0.25) is 0 Å². The number of urea groups is 1. The maximum atomic E-state index is 12.9. The van der Waals surface area contributed by atoms with Crippen LogP contribution in [0, 0.1) is 0 Å². The second kappa shape index (κ2) is 10.0. The third kappa shape index (κ3) is 5.32. The van der Waals surface area contributed by atoms with Gasteiger partial charge in [-0.1, -0.05) is 50.2 Å². The van der Waals surface area contributed by atoms with E-state index in [4.69, 9.17) is 0 Å². The van der Waals surface area contributed by atoms with Gasteiger partial charge < -0.3 is 15.5 Å². The third-order valence-electron chi connectivity index (χ3n) is 4.46. The van der Waals surface area contributed by atoms with Crippen molar-refractivity contribution < 1.29 is 9.59 Å². The fraction of sp³-hybridized carbons (Fsp3) is 0.318. The Morgan fingerprint density at radius 1 is 1.07 bits per heavy atom. The van der Waals surface area contributed by atoms with Crippen molar-refractivity contribution in [3.63, 3.8) is 0 Å². The van der Waals surface area contributed by atoms with Gasteiger partial charge >= 0.3 is 6.03 Å². The molecule has 1 heterocycles. The number of hydrogen-bond donors (Lipinski definition) is 2. The highest BCUT2D eigenvalue weighted by Crippen LogP contribution is 2.23. The van der Waals surface area contributed by atoms with Crippen molar-refractivity contribution in [1.82, 2.24) is 15.2 Å². The standard InChI is InChI=1S/C22H26N4O2S/c1-3-12-23-21(27)19-15-29-20(24-19)14-26(13-4-2)22(28)25-18-11-7-9-16-8-5-6-10-17(16)18/h5-11,15H,3-4,12-14H2,1-2H3,(H,23,27)(H,25,28). The van der Waals surface area contributed by atoms with Gasteiger partial charge in [-0.2, -0.15) is 0 Å². The molecular weight excluding hydrogens is 384 g/mol. The lowest BCUT2D eigenvalue weighted by Gasteiger charge is -2.22. The molecule has 0 fully saturated rings. The number of rotatable bonds is 8. The fourth-order valence-electron chi connectivity index (χ4n) is 3.03. The van der Waals surface area contributed by atoms with Crippen molar-refractivity contribution in [3.05, 3.63) is 58.5 Å². The Bertz CT molecular complexity index is 980. The Balaban J connectivity index is 1.71. The lowest BCUT2D eigenvalue weighted by Crippen LogP contribution is -2.35. The number of thiazole rings is 1. The van der Waals surface area contributed by atoms with Crippen molar-refractivity contribution in [2.75, 3.05) is 18.4 Å². The number of benzene rings is 2. The van der Waals surface area contributed by atoms with E-state index < -0.39 is 0 Å². The molecule has 1 aromatic heterocycles. The van der Waals surface area contributed by atoms with Crippen LogP contribution in [0.5, 0.6) is 0 Å². The van der Waals surface area contributed by atoms with Gasteiger partial charge in [0.1, 0.15) is 10.7 Å². The molecule has 6 nitrogen and oxygen atoms in total. The maximum absolute atomic E-state index is 12.9. The number of aromatic nitrogens is 1. The normalized spacial score (nSPS) is 10.7. The average molecular weight is 411 g/mol. The molecule has 0 radical (unpaired) electrons. The molecule has 0 saturated carbocycles. The minimum absolute atomic E-state index is 0.170. The van der Waals surface area contributed by atoms with Crippen LogP contribution in [0.3, 0.4) is 0 Å². The van der Waals surface area contributed by atoms with Gasteiger partial charge in [0.05, 0.1) is 12.2 Å². The monoisotopic (exact) mass is 410 g/mol. The smallest absolute Gasteiger partial charge is 0.322 e. The van der Waals surface area contributed by atoms with Gasteiger partial charge in [0, 0.05) is 23.9 Å². The number of carbonyl (C=O) groups is 2. The van der Waals surface area contributed by atoms with Gasteiger partial charge in [-0.05, 0) is 24.3 Å². The number of hydrogen-bond acceptors (Lipinski definition) is 4. The van der Waals surface area contributed by atoms with Crippen LogP contribution in [-0.4, -0.2) is 34.9 Å². The molecule has 3 amide bonds. The Labute approximate surface area is 174 Å². The zero-order valence-electron chi connectivity index (χ0n) is 16.8. The quantitative estimate of drug-likeness (QED) is 0.556. The van der Waals surface area contributed by atoms with Crippen LogP contribution in [0.4, 0.5) is 10.5 Å². The van der Waals surface area contributed by atoms with Crippen LogP contribution in [0.1, 0.15) is 42.2 Å². The summed E-state index contributed by atoms with van der Waals surface area (Å²) in [6.45, 7) is 5.64. The van der Waals surface area contributed by atoms with Crippen molar-refractivity contribution >= 4 is 39.7 Å². The average Bonchev–Trinajstić information content (AvgIpc) is 3.20. The predicted molar refractivity (Wildman–Crippen MR) is 118 cm³/mol. The van der Waals surface area contributed by atoms with Crippen molar-refractivity contribution in [1.29, 1.82) is 0 Å². The lowest BCUT2D eigenvalue weighted by atomic mass is 10.1. The number of carbonyl (C=O) groups excluding carboxylic acids is 2. The summed E-state index contributed by atoms with van der Waals surface area (Å²) in [6.07, 6.45) is 1.71. The van der Waals surface area contributed by atoms with Crippen molar-refractivity contribution in [2.45, 2.75) is 33.2 Å². The first-order valence-electron chi connectivity index (χ1n) is 9.88. The van der Waals surface area contributed by atoms with Gasteiger partial charge in [-0.15, -0.1) is 11.3 Å². The number of nitrogens with zero attached hydrogens (tertiary/aromatic N) is 2. The van der Waals surface area contributed by atoms with Crippen molar-refractivity contribution in [3.8, 4) is 0 Å². The molecule has 3 rings (SSSR count). The van der Waals surface area contributed by atoms with E-state index in [1.807, 2.05) is 56.3 Å². The van der Waals surface area contributed by atoms with Crippen LogP contribution in [-0.2, 0) is 6.54 Å². The molecule has 3 aromatic rings. The Morgan fingerprint density at radius 3 is 2.66 bits per heavy atom. The van der Waals surface area contributed by atoms with Gasteiger partial charge in [-0.25, -0.2) is 9.78 Å². The topological polar surface area (TPSA) is 74.3 Å².